The fraction of sp³-hybridized carbons (Fsp3) is 0.364. The molecule has 0 spiro atoms. The van der Waals surface area contributed by atoms with Gasteiger partial charge < -0.3 is 44.8 Å². The maximum Gasteiger partial charge on any atom is 1.00 e. The molecule has 0 amide bonds. The van der Waals surface area contributed by atoms with Crippen LogP contribution in [-0.4, -0.2) is 57.8 Å². The monoisotopic (exact) mass is 563 g/mol. The number of hydrogen-bond donors (Lipinski definition) is 5. The van der Waals surface area contributed by atoms with Gasteiger partial charge in [-0.1, -0.05) is 6.58 Å². The summed E-state index contributed by atoms with van der Waals surface area (Å²) in [6.45, 7) is 3.18. The van der Waals surface area contributed by atoms with Crippen LogP contribution in [0.25, 0.3) is 11.2 Å². The van der Waals surface area contributed by atoms with E-state index in [0.717, 1.165) is 17.2 Å². The van der Waals surface area contributed by atoms with Crippen molar-refractivity contribution in [3.05, 3.63) is 25.0 Å². The molecule has 0 saturated carbocycles. The molecule has 0 bridgehead atoms. The van der Waals surface area contributed by atoms with Gasteiger partial charge in [0.1, 0.15) is 35.9 Å². The van der Waals surface area contributed by atoms with Crippen molar-refractivity contribution in [2.45, 2.75) is 24.5 Å². The molecule has 1 saturated heterocycles. The quantitative estimate of drug-likeness (QED) is 0.113. The van der Waals surface area contributed by atoms with Crippen LogP contribution in [0.2, 0.25) is 0 Å². The number of aliphatic hydroxyl groups excluding tert-OH is 2. The van der Waals surface area contributed by atoms with Crippen LogP contribution in [-0.2, 0) is 31.6 Å². The number of nitrogens with two attached hydrogens (primary N) is 1. The van der Waals surface area contributed by atoms with Crippen LogP contribution in [0.5, 0.6) is 0 Å². The van der Waals surface area contributed by atoms with Crippen LogP contribution in [0.3, 0.4) is 0 Å². The van der Waals surface area contributed by atoms with E-state index in [9.17, 15) is 33.7 Å². The number of phosphoric acid groups is 3. The Morgan fingerprint density at radius 1 is 1.09 bits per heavy atom. The fourth-order valence-electron chi connectivity index (χ4n) is 2.69. The third kappa shape index (κ3) is 7.61. The predicted molar refractivity (Wildman–Crippen MR) is 95.3 cm³/mol. The number of fused-ring (bicyclic) bond motifs is 1. The summed E-state index contributed by atoms with van der Waals surface area (Å²) in [4.78, 5) is 51.6. The molecule has 0 aromatic carbocycles. The van der Waals surface area contributed by atoms with Gasteiger partial charge in [0.05, 0.1) is 6.33 Å². The molecule has 6 atom stereocenters. The molecule has 2 unspecified atom stereocenters. The van der Waals surface area contributed by atoms with Gasteiger partial charge in [0.2, 0.25) is 0 Å². The maximum absolute atomic E-state index is 11.8. The van der Waals surface area contributed by atoms with Crippen molar-refractivity contribution in [1.82, 2.24) is 19.5 Å². The first-order chi connectivity index (χ1) is 14.6. The second-order valence-corrected chi connectivity index (χ2v) is 10.4. The fourth-order valence-corrected chi connectivity index (χ4v) is 5.63. The first kappa shape index (κ1) is 32.2. The van der Waals surface area contributed by atoms with E-state index in [0.29, 0.717) is 0 Å². The Morgan fingerprint density at radius 3 is 2.29 bits per heavy atom. The number of imidazole rings is 1. The van der Waals surface area contributed by atoms with Crippen molar-refractivity contribution >= 4 is 40.4 Å². The average molecular weight is 563 g/mol. The molecular formula is C11H14N5Na2O13P3. The Morgan fingerprint density at radius 2 is 1.71 bits per heavy atom. The Balaban J connectivity index is 0.00000289. The van der Waals surface area contributed by atoms with Crippen LogP contribution >= 0.6 is 23.5 Å². The Hall–Kier alpha value is 0.220. The Bertz CT molecular complexity index is 1190. The summed E-state index contributed by atoms with van der Waals surface area (Å²) >= 11 is 0. The summed E-state index contributed by atoms with van der Waals surface area (Å²) in [6, 6.07) is 0. The van der Waals surface area contributed by atoms with Crippen molar-refractivity contribution < 1.29 is 120 Å². The summed E-state index contributed by atoms with van der Waals surface area (Å²) in [5.74, 6) is -0.929. The standard InChI is InChI=1S/C11H16N5O13P3.2Na/c1-4(27-31(22,23)29-32(24,25)28-30(19,20)21)8-6(17)7(18)11(26-8)16-3-15-5-9(12)13-2-14-10(5)16;;/h2-3,6-8,11,17-18H,1H2,(H,22,23)(H,24,25)(H2,12,13,14)(H2,19,20,21);;/q;2*+1/p-2/t6-,7+,8+,11+;;/m0../s1. The van der Waals surface area contributed by atoms with Gasteiger partial charge in [-0.05, 0) is 0 Å². The zero-order chi connectivity index (χ0) is 24.1. The molecule has 0 aliphatic carbocycles. The van der Waals surface area contributed by atoms with Gasteiger partial charge in [-0.15, -0.1) is 0 Å². The minimum atomic E-state index is -6.08. The molecule has 1 aliphatic heterocycles. The van der Waals surface area contributed by atoms with Crippen LogP contribution < -0.4 is 74.6 Å². The van der Waals surface area contributed by atoms with Gasteiger partial charge in [-0.3, -0.25) is 13.7 Å². The zero-order valence-electron chi connectivity index (χ0n) is 17.3. The summed E-state index contributed by atoms with van der Waals surface area (Å²) in [5.41, 5.74) is 5.90. The number of hydrogen-bond acceptors (Lipinski definition) is 15. The van der Waals surface area contributed by atoms with Crippen molar-refractivity contribution in [2.24, 2.45) is 0 Å². The molecule has 2 aromatic rings. The molecule has 34 heavy (non-hydrogen) atoms. The number of nitrogens with zero attached hydrogens (tertiary/aromatic N) is 4. The molecule has 3 heterocycles. The van der Waals surface area contributed by atoms with E-state index in [1.807, 2.05) is 0 Å². The molecule has 2 aromatic heterocycles. The van der Waals surface area contributed by atoms with E-state index in [1.54, 1.807) is 0 Å². The van der Waals surface area contributed by atoms with E-state index in [-0.39, 0.29) is 76.1 Å². The maximum atomic E-state index is 11.8. The predicted octanol–water partition coefficient (Wildman–Crippen LogP) is -8.37. The minimum absolute atomic E-state index is 0. The largest absolute Gasteiger partial charge is 1.00 e. The van der Waals surface area contributed by atoms with Crippen molar-refractivity contribution in [1.29, 1.82) is 0 Å². The number of ether oxygens (including phenoxy) is 1. The third-order valence-electron chi connectivity index (χ3n) is 3.85. The topological polar surface area (TPSA) is 285 Å². The molecular weight excluding hydrogens is 549 g/mol. The van der Waals surface area contributed by atoms with Crippen molar-refractivity contribution in [3.63, 3.8) is 0 Å². The van der Waals surface area contributed by atoms with Gasteiger partial charge >= 0.3 is 74.8 Å². The van der Waals surface area contributed by atoms with Gasteiger partial charge in [-0.25, -0.2) is 28.1 Å². The second-order valence-electron chi connectivity index (χ2n) is 6.12. The minimum Gasteiger partial charge on any atom is -0.756 e. The number of rotatable bonds is 8. The van der Waals surface area contributed by atoms with E-state index in [2.05, 4.69) is 34.7 Å². The van der Waals surface area contributed by atoms with Gasteiger partial charge in [0, 0.05) is 0 Å². The average Bonchev–Trinajstić information content (AvgIpc) is 3.14. The molecule has 3 rings (SSSR count). The SMILES string of the molecule is C=C(OP(=O)([O-])OP(=O)([O-])OP(=O)(O)O)[C@H]1O[C@@H](n2cnc3c(N)ncnc32)[C@H](O)[C@@H]1O.[Na+].[Na+]. The number of anilines is 1. The third-order valence-corrected chi connectivity index (χ3v) is 7.56. The zero-order valence-corrected chi connectivity index (χ0v) is 24.0. The van der Waals surface area contributed by atoms with Gasteiger partial charge in [0.15, 0.2) is 17.7 Å². The smallest absolute Gasteiger partial charge is 0.756 e. The number of aromatic nitrogens is 4. The van der Waals surface area contributed by atoms with E-state index >= 15 is 0 Å². The number of phosphoric ester groups is 1. The molecule has 18 nitrogen and oxygen atoms in total. The molecule has 0 radical (unpaired) electrons. The van der Waals surface area contributed by atoms with Crippen LogP contribution in [0.4, 0.5) is 5.82 Å². The summed E-state index contributed by atoms with van der Waals surface area (Å²) in [5, 5.41) is 20.5. The van der Waals surface area contributed by atoms with Crippen molar-refractivity contribution in [2.75, 3.05) is 5.73 Å². The molecule has 23 heteroatoms. The first-order valence-corrected chi connectivity index (χ1v) is 12.5. The van der Waals surface area contributed by atoms with Crippen LogP contribution in [0.1, 0.15) is 6.23 Å². The number of nitrogen functional groups attached to an aromatic ring is 1. The van der Waals surface area contributed by atoms with Crippen LogP contribution in [0.15, 0.2) is 25.0 Å². The van der Waals surface area contributed by atoms with E-state index in [1.165, 1.54) is 0 Å². The summed E-state index contributed by atoms with van der Waals surface area (Å²) < 4.78 is 51.2. The summed E-state index contributed by atoms with van der Waals surface area (Å²) in [6.07, 6.45) is -4.44. The van der Waals surface area contributed by atoms with E-state index < -0.39 is 53.8 Å². The Labute approximate surface area is 234 Å². The Kier molecular flexibility index (Phi) is 11.1. The number of aliphatic hydroxyl groups is 2. The van der Waals surface area contributed by atoms with Crippen LogP contribution in [0, 0.1) is 0 Å². The van der Waals surface area contributed by atoms with Crippen molar-refractivity contribution in [3.8, 4) is 0 Å². The van der Waals surface area contributed by atoms with E-state index in [4.69, 9.17) is 20.3 Å². The first-order valence-electron chi connectivity index (χ1n) is 8.03. The normalized spacial score (nSPS) is 26.1. The summed E-state index contributed by atoms with van der Waals surface area (Å²) in [7, 11) is -17.7. The molecule has 1 fully saturated rings. The second kappa shape index (κ2) is 11.7. The molecule has 1 aliphatic rings. The molecule has 178 valence electrons. The van der Waals surface area contributed by atoms with Gasteiger partial charge in [0.25, 0.3) is 7.82 Å². The molecule has 6 N–H and O–H groups in total. The van der Waals surface area contributed by atoms with Gasteiger partial charge in [-0.2, -0.15) is 0 Å².